The highest BCUT2D eigenvalue weighted by Gasteiger charge is 2.23. The molecule has 1 atom stereocenters. The van der Waals surface area contributed by atoms with Gasteiger partial charge < -0.3 is 25.0 Å². The molecule has 2 aliphatic heterocycles. The summed E-state index contributed by atoms with van der Waals surface area (Å²) in [6.07, 6.45) is 1.10. The van der Waals surface area contributed by atoms with Gasteiger partial charge in [-0.25, -0.2) is 0 Å². The van der Waals surface area contributed by atoms with Gasteiger partial charge in [0.2, 0.25) is 6.79 Å². The lowest BCUT2D eigenvalue weighted by Crippen LogP contribution is -2.44. The summed E-state index contributed by atoms with van der Waals surface area (Å²) in [6, 6.07) is 15.1. The molecule has 0 aliphatic carbocycles. The number of aryl methyl sites for hydroxylation is 1. The fraction of sp³-hybridized carbons (Fsp3) is 0.381. The summed E-state index contributed by atoms with van der Waals surface area (Å²) in [5.41, 5.74) is 3.71. The largest absolute Gasteiger partial charge is 0.454 e. The molecule has 7 heteroatoms. The van der Waals surface area contributed by atoms with Crippen molar-refractivity contribution in [2.75, 3.05) is 31.8 Å². The second kappa shape index (κ2) is 9.36. The molecule has 0 bridgehead atoms. The number of benzene rings is 2. The summed E-state index contributed by atoms with van der Waals surface area (Å²) in [7, 11) is 1.81. The van der Waals surface area contributed by atoms with E-state index in [1.54, 1.807) is 0 Å². The fourth-order valence-corrected chi connectivity index (χ4v) is 3.49. The molecule has 2 N–H and O–H groups in total. The normalized spacial score (nSPS) is 18.0. The van der Waals surface area contributed by atoms with Crippen LogP contribution in [0.25, 0.3) is 0 Å². The Labute approximate surface area is 183 Å². The molecule has 1 saturated heterocycles. The predicted molar refractivity (Wildman–Crippen MR) is 123 cm³/mol. The Morgan fingerprint density at radius 2 is 1.93 bits per heavy atom. The van der Waals surface area contributed by atoms with Crippen molar-refractivity contribution in [2.24, 2.45) is 4.99 Å². The van der Waals surface area contributed by atoms with Gasteiger partial charge in [0.1, 0.15) is 0 Å². The number of nitrogens with zero attached hydrogens (tertiary/aromatic N) is 2. The van der Waals surface area contributed by atoms with E-state index < -0.39 is 0 Å². The first-order chi connectivity index (χ1) is 13.2. The number of ether oxygens (including phenoxy) is 2. The number of rotatable bonds is 4. The third-order valence-corrected chi connectivity index (χ3v) is 5.05. The van der Waals surface area contributed by atoms with E-state index in [0.717, 1.165) is 42.5 Å². The molecule has 28 heavy (non-hydrogen) atoms. The number of hydrogen-bond donors (Lipinski definition) is 2. The van der Waals surface area contributed by atoms with Crippen LogP contribution in [0.15, 0.2) is 47.5 Å². The molecular weight excluding hydrogens is 467 g/mol. The first kappa shape index (κ1) is 20.6. The maximum atomic E-state index is 5.44. The van der Waals surface area contributed by atoms with Crippen molar-refractivity contribution in [3.05, 3.63) is 53.6 Å². The van der Waals surface area contributed by atoms with E-state index in [9.17, 15) is 0 Å². The van der Waals surface area contributed by atoms with E-state index >= 15 is 0 Å². The van der Waals surface area contributed by atoms with Gasteiger partial charge >= 0.3 is 0 Å². The molecule has 0 radical (unpaired) electrons. The second-order valence-corrected chi connectivity index (χ2v) is 7.02. The summed E-state index contributed by atoms with van der Waals surface area (Å²) < 4.78 is 10.8. The van der Waals surface area contributed by atoms with Crippen LogP contribution < -0.4 is 25.0 Å². The maximum Gasteiger partial charge on any atom is 0.231 e. The standard InChI is InChI=1S/C21H26N4O2.HI/c1-15-3-6-18(7-4-15)25-10-9-17(13-25)24-21(22-2)23-12-16-5-8-19-20(11-16)27-14-26-19;/h3-8,11,17H,9-10,12-14H2,1-2H3,(H2,22,23,24);1H. The highest BCUT2D eigenvalue weighted by atomic mass is 127. The predicted octanol–water partition coefficient (Wildman–Crippen LogP) is 3.29. The van der Waals surface area contributed by atoms with Crippen molar-refractivity contribution >= 4 is 35.6 Å². The van der Waals surface area contributed by atoms with Gasteiger partial charge in [-0.3, -0.25) is 4.99 Å². The molecule has 0 amide bonds. The highest BCUT2D eigenvalue weighted by molar-refractivity contribution is 14.0. The van der Waals surface area contributed by atoms with Crippen molar-refractivity contribution in [1.82, 2.24) is 10.6 Å². The third-order valence-electron chi connectivity index (χ3n) is 5.05. The zero-order chi connectivity index (χ0) is 18.6. The van der Waals surface area contributed by atoms with E-state index in [2.05, 4.69) is 51.7 Å². The zero-order valence-corrected chi connectivity index (χ0v) is 18.6. The Morgan fingerprint density at radius 3 is 2.71 bits per heavy atom. The van der Waals surface area contributed by atoms with E-state index in [1.165, 1.54) is 11.3 Å². The van der Waals surface area contributed by atoms with Crippen LogP contribution in [-0.4, -0.2) is 38.9 Å². The minimum Gasteiger partial charge on any atom is -0.454 e. The maximum absolute atomic E-state index is 5.44. The Hall–Kier alpha value is -2.16. The molecule has 2 aliphatic rings. The summed E-state index contributed by atoms with van der Waals surface area (Å²) in [5, 5.41) is 6.93. The van der Waals surface area contributed by atoms with Gasteiger partial charge in [-0.15, -0.1) is 24.0 Å². The summed E-state index contributed by atoms with van der Waals surface area (Å²) in [4.78, 5) is 6.79. The van der Waals surface area contributed by atoms with E-state index in [1.807, 2.05) is 25.2 Å². The minimum absolute atomic E-state index is 0. The quantitative estimate of drug-likeness (QED) is 0.388. The van der Waals surface area contributed by atoms with Gasteiger partial charge in [-0.2, -0.15) is 0 Å². The van der Waals surface area contributed by atoms with Crippen LogP contribution in [0.2, 0.25) is 0 Å². The molecule has 2 aromatic carbocycles. The highest BCUT2D eigenvalue weighted by Crippen LogP contribution is 2.32. The van der Waals surface area contributed by atoms with Crippen LogP contribution in [0.3, 0.4) is 0 Å². The summed E-state index contributed by atoms with van der Waals surface area (Å²) in [6.45, 7) is 5.14. The Balaban J connectivity index is 0.00000225. The van der Waals surface area contributed by atoms with Gasteiger partial charge in [0, 0.05) is 38.4 Å². The van der Waals surface area contributed by atoms with Crippen molar-refractivity contribution in [2.45, 2.75) is 25.9 Å². The van der Waals surface area contributed by atoms with Crippen LogP contribution in [0, 0.1) is 6.92 Å². The SMILES string of the molecule is CN=C(NCc1ccc2c(c1)OCO2)NC1CCN(c2ccc(C)cc2)C1.I. The monoisotopic (exact) mass is 494 g/mol. The van der Waals surface area contributed by atoms with Crippen LogP contribution in [0.5, 0.6) is 11.5 Å². The Kier molecular flexibility index (Phi) is 6.88. The third kappa shape index (κ3) is 4.81. The molecule has 2 aromatic rings. The van der Waals surface area contributed by atoms with Crippen LogP contribution in [-0.2, 0) is 6.54 Å². The lowest BCUT2D eigenvalue weighted by Gasteiger charge is -2.20. The number of halogens is 1. The number of anilines is 1. The molecule has 6 nitrogen and oxygen atoms in total. The van der Waals surface area contributed by atoms with Gasteiger partial charge in [0.05, 0.1) is 0 Å². The van der Waals surface area contributed by atoms with Gasteiger partial charge in [-0.05, 0) is 43.2 Å². The fourth-order valence-electron chi connectivity index (χ4n) is 3.49. The molecule has 0 spiro atoms. The second-order valence-electron chi connectivity index (χ2n) is 7.02. The van der Waals surface area contributed by atoms with Crippen molar-refractivity contribution in [1.29, 1.82) is 0 Å². The van der Waals surface area contributed by atoms with Crippen LogP contribution in [0.1, 0.15) is 17.5 Å². The van der Waals surface area contributed by atoms with E-state index in [4.69, 9.17) is 9.47 Å². The van der Waals surface area contributed by atoms with Gasteiger partial charge in [0.15, 0.2) is 17.5 Å². The first-order valence-corrected chi connectivity index (χ1v) is 9.38. The van der Waals surface area contributed by atoms with Crippen molar-refractivity contribution < 1.29 is 9.47 Å². The first-order valence-electron chi connectivity index (χ1n) is 9.38. The Bertz CT molecular complexity index is 826. The van der Waals surface area contributed by atoms with Gasteiger partial charge in [-0.1, -0.05) is 23.8 Å². The van der Waals surface area contributed by atoms with Gasteiger partial charge in [0.25, 0.3) is 0 Å². The van der Waals surface area contributed by atoms with E-state index in [-0.39, 0.29) is 24.0 Å². The molecule has 2 heterocycles. The van der Waals surface area contributed by atoms with Crippen molar-refractivity contribution in [3.63, 3.8) is 0 Å². The molecular formula is C21H27IN4O2. The van der Waals surface area contributed by atoms with Crippen LogP contribution in [0.4, 0.5) is 5.69 Å². The van der Waals surface area contributed by atoms with E-state index in [0.29, 0.717) is 19.4 Å². The number of hydrogen-bond acceptors (Lipinski definition) is 4. The molecule has 1 fully saturated rings. The number of guanidine groups is 1. The molecule has 150 valence electrons. The summed E-state index contributed by atoms with van der Waals surface area (Å²) >= 11 is 0. The smallest absolute Gasteiger partial charge is 0.231 e. The van der Waals surface area contributed by atoms with Crippen LogP contribution >= 0.6 is 24.0 Å². The minimum atomic E-state index is 0. The topological polar surface area (TPSA) is 58.1 Å². The molecule has 0 aromatic heterocycles. The number of nitrogens with one attached hydrogen (secondary N) is 2. The van der Waals surface area contributed by atoms with Crippen molar-refractivity contribution in [3.8, 4) is 11.5 Å². The molecule has 1 unspecified atom stereocenters. The lowest BCUT2D eigenvalue weighted by molar-refractivity contribution is 0.174. The molecule has 0 saturated carbocycles. The average molecular weight is 494 g/mol. The lowest BCUT2D eigenvalue weighted by atomic mass is 10.2. The molecule has 4 rings (SSSR count). The average Bonchev–Trinajstić information content (AvgIpc) is 3.34. The zero-order valence-electron chi connectivity index (χ0n) is 16.3. The number of fused-ring (bicyclic) bond motifs is 1. The Morgan fingerprint density at radius 1 is 1.14 bits per heavy atom. The summed E-state index contributed by atoms with van der Waals surface area (Å²) in [5.74, 6) is 2.44. The number of aliphatic imine (C=N–C) groups is 1.